The van der Waals surface area contributed by atoms with Gasteiger partial charge in [0.15, 0.2) is 0 Å². The van der Waals surface area contributed by atoms with Crippen LogP contribution in [0.1, 0.15) is 136 Å². The number of carboxylic acid groups (broad SMARTS) is 1. The first-order valence-corrected chi connectivity index (χ1v) is 14.1. The summed E-state index contributed by atoms with van der Waals surface area (Å²) in [6.45, 7) is 5.09. The molecule has 1 rings (SSSR count). The molecule has 0 aromatic heterocycles. The molecule has 192 valence electrons. The van der Waals surface area contributed by atoms with Gasteiger partial charge in [0.2, 0.25) is 0 Å². The molecule has 4 nitrogen and oxygen atoms in total. The fourth-order valence-corrected chi connectivity index (χ4v) is 4.72. The van der Waals surface area contributed by atoms with Crippen LogP contribution in [-0.2, 0) is 14.3 Å². The Balaban J connectivity index is 1.81. The van der Waals surface area contributed by atoms with E-state index in [9.17, 15) is 14.7 Å². The third-order valence-corrected chi connectivity index (χ3v) is 7.33. The van der Waals surface area contributed by atoms with Crippen LogP contribution in [-0.4, -0.2) is 23.7 Å². The fourth-order valence-electron chi connectivity index (χ4n) is 4.72. The van der Waals surface area contributed by atoms with Crippen molar-refractivity contribution in [1.29, 1.82) is 0 Å². The summed E-state index contributed by atoms with van der Waals surface area (Å²) in [6.07, 6.45) is 27.1. The molecule has 0 saturated heterocycles. The van der Waals surface area contributed by atoms with Gasteiger partial charge in [-0.2, -0.15) is 0 Å². The zero-order chi connectivity index (χ0) is 24.2. The molecule has 0 aromatic rings. The number of ether oxygens (including phenoxy) is 1. The van der Waals surface area contributed by atoms with Crippen LogP contribution < -0.4 is 0 Å². The molecule has 0 fully saturated rings. The van der Waals surface area contributed by atoms with Crippen molar-refractivity contribution < 1.29 is 19.4 Å². The zero-order valence-electron chi connectivity index (χ0n) is 21.7. The average Bonchev–Trinajstić information content (AvgIpc) is 2.82. The molecule has 3 unspecified atom stereocenters. The molecule has 0 radical (unpaired) electrons. The van der Waals surface area contributed by atoms with Crippen molar-refractivity contribution in [2.45, 2.75) is 136 Å². The van der Waals surface area contributed by atoms with E-state index in [-0.39, 0.29) is 5.97 Å². The van der Waals surface area contributed by atoms with Crippen LogP contribution in [0.15, 0.2) is 12.2 Å². The van der Waals surface area contributed by atoms with Gasteiger partial charge in [0.25, 0.3) is 0 Å². The topological polar surface area (TPSA) is 63.6 Å². The van der Waals surface area contributed by atoms with Crippen LogP contribution in [0.3, 0.4) is 0 Å². The molecule has 0 amide bonds. The van der Waals surface area contributed by atoms with E-state index in [0.717, 1.165) is 18.8 Å². The summed E-state index contributed by atoms with van der Waals surface area (Å²) < 4.78 is 5.36. The van der Waals surface area contributed by atoms with Crippen LogP contribution >= 0.6 is 0 Å². The van der Waals surface area contributed by atoms with E-state index in [1.54, 1.807) is 0 Å². The quantitative estimate of drug-likeness (QED) is 0.105. The molecule has 0 saturated carbocycles. The minimum absolute atomic E-state index is 0.339. The molecule has 0 heterocycles. The highest BCUT2D eigenvalue weighted by Gasteiger charge is 2.34. The number of unbranched alkanes of at least 4 members (excludes halogenated alkanes) is 14. The largest absolute Gasteiger partial charge is 0.481 e. The second kappa shape index (κ2) is 20.1. The summed E-state index contributed by atoms with van der Waals surface area (Å²) in [5.41, 5.74) is 0. The first-order valence-electron chi connectivity index (χ1n) is 14.1. The lowest BCUT2D eigenvalue weighted by atomic mass is 9.83. The molecular formula is C29H52O4. The minimum Gasteiger partial charge on any atom is -0.481 e. The first-order chi connectivity index (χ1) is 16.1. The Hall–Kier alpha value is -1.32. The summed E-state index contributed by atoms with van der Waals surface area (Å²) >= 11 is 0. The van der Waals surface area contributed by atoms with Gasteiger partial charge in [-0.15, -0.1) is 0 Å². The molecule has 1 aliphatic carbocycles. The van der Waals surface area contributed by atoms with Crippen LogP contribution in [0.5, 0.6) is 0 Å². The van der Waals surface area contributed by atoms with E-state index < -0.39 is 17.8 Å². The lowest BCUT2D eigenvalue weighted by molar-refractivity contribution is -0.158. The maximum absolute atomic E-state index is 12.2. The summed E-state index contributed by atoms with van der Waals surface area (Å²) in [7, 11) is 0. The number of hydrogen-bond donors (Lipinski definition) is 1. The fraction of sp³-hybridized carbons (Fsp3) is 0.862. The van der Waals surface area contributed by atoms with E-state index in [4.69, 9.17) is 4.74 Å². The van der Waals surface area contributed by atoms with Crippen molar-refractivity contribution in [3.63, 3.8) is 0 Å². The normalized spacial score (nSPS) is 18.8. The van der Waals surface area contributed by atoms with Gasteiger partial charge in [-0.3, -0.25) is 9.59 Å². The number of rotatable bonds is 21. The summed E-state index contributed by atoms with van der Waals surface area (Å²) in [5.74, 6) is -1.48. The predicted octanol–water partition coefficient (Wildman–Crippen LogP) is 8.48. The Morgan fingerprint density at radius 3 is 1.64 bits per heavy atom. The summed E-state index contributed by atoms with van der Waals surface area (Å²) in [5, 5.41) is 9.26. The Bertz CT molecular complexity index is 528. The van der Waals surface area contributed by atoms with E-state index in [0.29, 0.717) is 19.4 Å². The number of hydrogen-bond acceptors (Lipinski definition) is 3. The van der Waals surface area contributed by atoms with Crippen molar-refractivity contribution in [3.05, 3.63) is 12.2 Å². The van der Waals surface area contributed by atoms with Crippen LogP contribution in [0, 0.1) is 17.8 Å². The van der Waals surface area contributed by atoms with Gasteiger partial charge in [0.1, 0.15) is 0 Å². The number of allylic oxidation sites excluding steroid dienone is 2. The SMILES string of the molecule is CCC(C)CCCCCCCCCCCCCCCCCOC(=O)C1CC=CCC1C(=O)O. The van der Waals surface area contributed by atoms with Gasteiger partial charge in [-0.1, -0.05) is 129 Å². The molecule has 1 aliphatic rings. The van der Waals surface area contributed by atoms with Gasteiger partial charge >= 0.3 is 11.9 Å². The smallest absolute Gasteiger partial charge is 0.310 e. The maximum Gasteiger partial charge on any atom is 0.310 e. The van der Waals surface area contributed by atoms with Crippen LogP contribution in [0.4, 0.5) is 0 Å². The monoisotopic (exact) mass is 464 g/mol. The minimum atomic E-state index is -0.899. The molecule has 0 aromatic carbocycles. The number of carbonyl (C=O) groups is 2. The number of esters is 1. The standard InChI is InChI=1S/C29H52O4/c1-3-25(2)21-17-15-13-11-9-7-5-4-6-8-10-12-14-16-20-24-33-29(32)27-23-19-18-22-26(27)28(30)31/h18-19,25-27H,3-17,20-24H2,1-2H3,(H,30,31). The van der Waals surface area contributed by atoms with E-state index in [2.05, 4.69) is 13.8 Å². The molecule has 33 heavy (non-hydrogen) atoms. The van der Waals surface area contributed by atoms with E-state index in [1.807, 2.05) is 12.2 Å². The van der Waals surface area contributed by atoms with Gasteiger partial charge in [-0.05, 0) is 25.2 Å². The van der Waals surface area contributed by atoms with Crippen molar-refractivity contribution in [2.24, 2.45) is 17.8 Å². The Labute approximate surface area is 203 Å². The van der Waals surface area contributed by atoms with Crippen molar-refractivity contribution in [1.82, 2.24) is 0 Å². The van der Waals surface area contributed by atoms with Crippen molar-refractivity contribution >= 4 is 11.9 Å². The van der Waals surface area contributed by atoms with Gasteiger partial charge < -0.3 is 9.84 Å². The second-order valence-corrected chi connectivity index (χ2v) is 10.3. The van der Waals surface area contributed by atoms with Crippen molar-refractivity contribution in [2.75, 3.05) is 6.61 Å². The molecule has 1 N–H and O–H groups in total. The number of carboxylic acids is 1. The Morgan fingerprint density at radius 1 is 0.758 bits per heavy atom. The summed E-state index contributed by atoms with van der Waals surface area (Å²) in [6, 6.07) is 0. The summed E-state index contributed by atoms with van der Waals surface area (Å²) in [4.78, 5) is 23.5. The molecule has 0 bridgehead atoms. The number of aliphatic carboxylic acids is 1. The van der Waals surface area contributed by atoms with E-state index >= 15 is 0 Å². The number of carbonyl (C=O) groups excluding carboxylic acids is 1. The second-order valence-electron chi connectivity index (χ2n) is 10.3. The Kier molecular flexibility index (Phi) is 18.1. The predicted molar refractivity (Wildman–Crippen MR) is 137 cm³/mol. The maximum atomic E-state index is 12.2. The molecule has 0 aliphatic heterocycles. The molecule has 3 atom stereocenters. The zero-order valence-corrected chi connectivity index (χ0v) is 21.7. The third kappa shape index (κ3) is 15.2. The van der Waals surface area contributed by atoms with E-state index in [1.165, 1.54) is 96.3 Å². The van der Waals surface area contributed by atoms with Gasteiger partial charge in [-0.25, -0.2) is 0 Å². The highest BCUT2D eigenvalue weighted by atomic mass is 16.5. The van der Waals surface area contributed by atoms with Gasteiger partial charge in [0, 0.05) is 0 Å². The highest BCUT2D eigenvalue weighted by molar-refractivity contribution is 5.81. The van der Waals surface area contributed by atoms with Crippen molar-refractivity contribution in [3.8, 4) is 0 Å². The lowest BCUT2D eigenvalue weighted by Gasteiger charge is -2.23. The molecule has 4 heteroatoms. The molecule has 0 spiro atoms. The molecular weight excluding hydrogens is 412 g/mol. The third-order valence-electron chi connectivity index (χ3n) is 7.33. The highest BCUT2D eigenvalue weighted by Crippen LogP contribution is 2.27. The first kappa shape index (κ1) is 29.7. The Morgan fingerprint density at radius 2 is 1.18 bits per heavy atom. The van der Waals surface area contributed by atoms with Gasteiger partial charge in [0.05, 0.1) is 18.4 Å². The average molecular weight is 465 g/mol. The van der Waals surface area contributed by atoms with Crippen LogP contribution in [0.25, 0.3) is 0 Å². The lowest BCUT2D eigenvalue weighted by Crippen LogP contribution is -2.32. The van der Waals surface area contributed by atoms with Crippen LogP contribution in [0.2, 0.25) is 0 Å².